The third-order valence-corrected chi connectivity index (χ3v) is 2.38. The van der Waals surface area contributed by atoms with E-state index in [1.54, 1.807) is 0 Å². The zero-order chi connectivity index (χ0) is 9.47. The molecule has 2 heterocycles. The van der Waals surface area contributed by atoms with Gasteiger partial charge in [-0.15, -0.1) is 6.42 Å². The van der Waals surface area contributed by atoms with Gasteiger partial charge in [-0.3, -0.25) is 0 Å². The second-order valence-electron chi connectivity index (χ2n) is 3.89. The van der Waals surface area contributed by atoms with E-state index >= 15 is 0 Å². The lowest BCUT2D eigenvalue weighted by atomic mass is 10.0. The molecule has 0 bridgehead atoms. The Morgan fingerprint density at radius 1 is 1.38 bits per heavy atom. The van der Waals surface area contributed by atoms with Crippen LogP contribution in [-0.2, 0) is 14.2 Å². The van der Waals surface area contributed by atoms with Gasteiger partial charge in [0.15, 0.2) is 5.79 Å². The summed E-state index contributed by atoms with van der Waals surface area (Å²) in [7, 11) is 0. The Labute approximate surface area is 78.4 Å². The lowest BCUT2D eigenvalue weighted by Crippen LogP contribution is -2.41. The zero-order valence-corrected chi connectivity index (χ0v) is 7.95. The molecular formula is C10H14O3. The van der Waals surface area contributed by atoms with Gasteiger partial charge in [0.25, 0.3) is 0 Å². The molecule has 0 aromatic carbocycles. The third kappa shape index (κ3) is 1.58. The molecule has 0 aromatic rings. The first-order valence-electron chi connectivity index (χ1n) is 4.56. The molecule has 3 heteroatoms. The number of rotatable bonds is 0. The van der Waals surface area contributed by atoms with Crippen LogP contribution >= 0.6 is 0 Å². The molecule has 2 aliphatic heterocycles. The van der Waals surface area contributed by atoms with Crippen LogP contribution < -0.4 is 0 Å². The molecule has 2 saturated heterocycles. The molecule has 0 N–H and O–H groups in total. The van der Waals surface area contributed by atoms with Gasteiger partial charge in [0.05, 0.1) is 12.7 Å². The van der Waals surface area contributed by atoms with E-state index in [1.807, 2.05) is 13.8 Å². The van der Waals surface area contributed by atoms with Gasteiger partial charge >= 0.3 is 0 Å². The minimum absolute atomic E-state index is 0.0891. The molecule has 2 aliphatic rings. The monoisotopic (exact) mass is 182 g/mol. The van der Waals surface area contributed by atoms with Gasteiger partial charge in [0.1, 0.15) is 12.2 Å². The molecule has 0 amide bonds. The van der Waals surface area contributed by atoms with Crippen LogP contribution in [0.1, 0.15) is 20.3 Å². The Bertz CT molecular complexity index is 241. The lowest BCUT2D eigenvalue weighted by Gasteiger charge is -2.27. The van der Waals surface area contributed by atoms with Crippen molar-refractivity contribution in [2.75, 3.05) is 6.61 Å². The van der Waals surface area contributed by atoms with Crippen LogP contribution in [-0.4, -0.2) is 30.7 Å². The molecule has 0 aliphatic carbocycles. The summed E-state index contributed by atoms with van der Waals surface area (Å²) in [5.74, 6) is 2.07. The van der Waals surface area contributed by atoms with Gasteiger partial charge in [0, 0.05) is 0 Å². The Balaban J connectivity index is 2.13. The largest absolute Gasteiger partial charge is 0.363 e. The van der Waals surface area contributed by atoms with Gasteiger partial charge in [-0.2, -0.15) is 0 Å². The Kier molecular flexibility index (Phi) is 2.07. The van der Waals surface area contributed by atoms with Gasteiger partial charge in [-0.1, -0.05) is 5.92 Å². The van der Waals surface area contributed by atoms with Gasteiger partial charge in [0.2, 0.25) is 0 Å². The van der Waals surface area contributed by atoms with E-state index in [0.717, 1.165) is 6.42 Å². The first-order chi connectivity index (χ1) is 6.12. The summed E-state index contributed by atoms with van der Waals surface area (Å²) in [5.41, 5.74) is 0. The lowest BCUT2D eigenvalue weighted by molar-refractivity contribution is -0.149. The average molecular weight is 182 g/mol. The number of hydrogen-bond acceptors (Lipinski definition) is 3. The van der Waals surface area contributed by atoms with Gasteiger partial charge < -0.3 is 14.2 Å². The van der Waals surface area contributed by atoms with E-state index < -0.39 is 5.79 Å². The molecular weight excluding hydrogens is 168 g/mol. The summed E-state index contributed by atoms with van der Waals surface area (Å²) in [6.07, 6.45) is 5.97. The summed E-state index contributed by atoms with van der Waals surface area (Å²) < 4.78 is 16.7. The first kappa shape index (κ1) is 9.01. The van der Waals surface area contributed by atoms with Crippen molar-refractivity contribution in [3.8, 4) is 12.3 Å². The molecule has 0 spiro atoms. The minimum atomic E-state index is -0.516. The van der Waals surface area contributed by atoms with Crippen molar-refractivity contribution < 1.29 is 14.2 Å². The van der Waals surface area contributed by atoms with Gasteiger partial charge in [-0.05, 0) is 20.3 Å². The molecule has 3 nitrogen and oxygen atoms in total. The van der Waals surface area contributed by atoms with E-state index in [-0.39, 0.29) is 18.3 Å². The summed E-state index contributed by atoms with van der Waals surface area (Å²) in [5, 5.41) is 0. The van der Waals surface area contributed by atoms with Crippen molar-refractivity contribution in [2.24, 2.45) is 0 Å². The molecule has 13 heavy (non-hydrogen) atoms. The molecule has 0 saturated carbocycles. The van der Waals surface area contributed by atoms with Crippen LogP contribution in [0.15, 0.2) is 0 Å². The van der Waals surface area contributed by atoms with Crippen LogP contribution in [0.5, 0.6) is 0 Å². The summed E-state index contributed by atoms with van der Waals surface area (Å²) in [6, 6.07) is 0. The molecule has 3 atom stereocenters. The third-order valence-electron chi connectivity index (χ3n) is 2.38. The molecule has 3 unspecified atom stereocenters. The van der Waals surface area contributed by atoms with E-state index in [2.05, 4.69) is 5.92 Å². The van der Waals surface area contributed by atoms with Crippen molar-refractivity contribution in [2.45, 2.75) is 44.4 Å². The molecule has 0 aromatic heterocycles. The quantitative estimate of drug-likeness (QED) is 0.521. The Morgan fingerprint density at radius 2 is 2.15 bits per heavy atom. The van der Waals surface area contributed by atoms with E-state index in [0.29, 0.717) is 6.61 Å². The average Bonchev–Trinajstić information content (AvgIpc) is 2.37. The fraction of sp³-hybridized carbons (Fsp3) is 0.800. The highest BCUT2D eigenvalue weighted by Crippen LogP contribution is 2.34. The minimum Gasteiger partial charge on any atom is -0.363 e. The van der Waals surface area contributed by atoms with Crippen LogP contribution in [0, 0.1) is 12.3 Å². The van der Waals surface area contributed by atoms with Crippen LogP contribution in [0.3, 0.4) is 0 Å². The van der Waals surface area contributed by atoms with E-state index in [9.17, 15) is 0 Å². The van der Waals surface area contributed by atoms with Crippen molar-refractivity contribution in [3.05, 3.63) is 0 Å². The molecule has 2 fully saturated rings. The molecule has 2 rings (SSSR count). The number of hydrogen-bond donors (Lipinski definition) is 0. The number of terminal acetylenes is 1. The van der Waals surface area contributed by atoms with Crippen molar-refractivity contribution >= 4 is 0 Å². The SMILES string of the molecule is C#CC1OCCC2OC(C)(C)OC12. The predicted octanol–water partition coefficient (Wildman–Crippen LogP) is 0.929. The van der Waals surface area contributed by atoms with Gasteiger partial charge in [-0.25, -0.2) is 0 Å². The summed E-state index contributed by atoms with van der Waals surface area (Å²) in [4.78, 5) is 0. The first-order valence-corrected chi connectivity index (χ1v) is 4.56. The maximum atomic E-state index is 5.69. The normalized spacial score (nSPS) is 42.4. The smallest absolute Gasteiger partial charge is 0.163 e. The topological polar surface area (TPSA) is 27.7 Å². The highest BCUT2D eigenvalue weighted by molar-refractivity contribution is 5.05. The van der Waals surface area contributed by atoms with E-state index in [4.69, 9.17) is 20.6 Å². The highest BCUT2D eigenvalue weighted by atomic mass is 16.8. The second kappa shape index (κ2) is 2.98. The second-order valence-corrected chi connectivity index (χ2v) is 3.89. The van der Waals surface area contributed by atoms with Crippen LogP contribution in [0.4, 0.5) is 0 Å². The number of fused-ring (bicyclic) bond motifs is 1. The standard InChI is InChI=1S/C10H14O3/c1-4-7-9-8(5-6-11-7)12-10(2,3)13-9/h1,7-9H,5-6H2,2-3H3. The highest BCUT2D eigenvalue weighted by Gasteiger charge is 2.47. The molecule has 0 radical (unpaired) electrons. The Morgan fingerprint density at radius 3 is 2.85 bits per heavy atom. The summed E-state index contributed by atoms with van der Waals surface area (Å²) >= 11 is 0. The van der Waals surface area contributed by atoms with E-state index in [1.165, 1.54) is 0 Å². The predicted molar refractivity (Wildman–Crippen MR) is 47.0 cm³/mol. The zero-order valence-electron chi connectivity index (χ0n) is 7.95. The number of ether oxygens (including phenoxy) is 3. The maximum Gasteiger partial charge on any atom is 0.163 e. The molecule has 72 valence electrons. The Hall–Kier alpha value is -0.560. The fourth-order valence-corrected chi connectivity index (χ4v) is 1.89. The fourth-order valence-electron chi connectivity index (χ4n) is 1.89. The van der Waals surface area contributed by atoms with Crippen molar-refractivity contribution in [3.63, 3.8) is 0 Å². The van der Waals surface area contributed by atoms with Crippen molar-refractivity contribution in [1.82, 2.24) is 0 Å². The van der Waals surface area contributed by atoms with Crippen LogP contribution in [0.2, 0.25) is 0 Å². The maximum absolute atomic E-state index is 5.69. The van der Waals surface area contributed by atoms with Crippen molar-refractivity contribution in [1.29, 1.82) is 0 Å². The van der Waals surface area contributed by atoms with Crippen LogP contribution in [0.25, 0.3) is 0 Å². The summed E-state index contributed by atoms with van der Waals surface area (Å²) in [6.45, 7) is 4.47.